The monoisotopic (exact) mass is 295 g/mol. The van der Waals surface area contributed by atoms with E-state index in [0.29, 0.717) is 17.6 Å². The molecule has 2 saturated carbocycles. The van der Waals surface area contributed by atoms with Gasteiger partial charge in [0.15, 0.2) is 0 Å². The zero-order chi connectivity index (χ0) is 14.3. The molecule has 21 heavy (non-hydrogen) atoms. The van der Waals surface area contributed by atoms with Gasteiger partial charge in [-0.15, -0.1) is 0 Å². The molecule has 0 bridgehead atoms. The molecule has 3 unspecified atom stereocenters. The molecule has 2 aliphatic carbocycles. The minimum atomic E-state index is 0.0442. The third-order valence-electron chi connectivity index (χ3n) is 6.87. The molecule has 0 amide bonds. The standard InChI is InChI=1S/C17H29NO3/c19-12-16(6-9-20-10-7-16)11-18-14-13-3-8-21-15(13)17(14)4-1-2-5-17/h13-15,18-19H,1-12H2. The number of aliphatic hydroxyl groups is 1. The SMILES string of the molecule is OCC1(CNC2C3CCOC3C23CCCC3)CCOCC1. The molecule has 1 spiro atoms. The molecule has 2 heterocycles. The molecule has 2 aliphatic heterocycles. The van der Waals surface area contributed by atoms with Crippen LogP contribution in [0.1, 0.15) is 44.9 Å². The van der Waals surface area contributed by atoms with Crippen molar-refractivity contribution >= 4 is 0 Å². The van der Waals surface area contributed by atoms with Crippen molar-refractivity contribution in [1.82, 2.24) is 5.32 Å². The van der Waals surface area contributed by atoms with Crippen LogP contribution in [0.2, 0.25) is 0 Å². The van der Waals surface area contributed by atoms with E-state index >= 15 is 0 Å². The fourth-order valence-corrected chi connectivity index (χ4v) is 5.53. The molecule has 3 atom stereocenters. The van der Waals surface area contributed by atoms with Crippen molar-refractivity contribution < 1.29 is 14.6 Å². The molecule has 2 N–H and O–H groups in total. The Hall–Kier alpha value is -0.160. The van der Waals surface area contributed by atoms with Gasteiger partial charge in [-0.05, 0) is 32.1 Å². The van der Waals surface area contributed by atoms with Gasteiger partial charge >= 0.3 is 0 Å². The number of rotatable bonds is 4. The summed E-state index contributed by atoms with van der Waals surface area (Å²) in [4.78, 5) is 0. The topological polar surface area (TPSA) is 50.7 Å². The lowest BCUT2D eigenvalue weighted by molar-refractivity contribution is -0.135. The van der Waals surface area contributed by atoms with Crippen LogP contribution in [0.3, 0.4) is 0 Å². The van der Waals surface area contributed by atoms with Crippen LogP contribution in [-0.4, -0.2) is 50.2 Å². The van der Waals surface area contributed by atoms with E-state index in [4.69, 9.17) is 9.47 Å². The van der Waals surface area contributed by atoms with Crippen LogP contribution in [0.4, 0.5) is 0 Å². The largest absolute Gasteiger partial charge is 0.396 e. The van der Waals surface area contributed by atoms with E-state index < -0.39 is 0 Å². The van der Waals surface area contributed by atoms with Crippen molar-refractivity contribution in [1.29, 1.82) is 0 Å². The first-order valence-corrected chi connectivity index (χ1v) is 8.83. The maximum Gasteiger partial charge on any atom is 0.0690 e. The first-order chi connectivity index (χ1) is 10.3. The summed E-state index contributed by atoms with van der Waals surface area (Å²) in [6.45, 7) is 3.78. The highest BCUT2D eigenvalue weighted by molar-refractivity contribution is 5.16. The molecule has 4 fully saturated rings. The van der Waals surface area contributed by atoms with Crippen LogP contribution in [0, 0.1) is 16.7 Å². The van der Waals surface area contributed by atoms with Gasteiger partial charge < -0.3 is 19.9 Å². The fraction of sp³-hybridized carbons (Fsp3) is 1.00. The molecule has 0 radical (unpaired) electrons. The summed E-state index contributed by atoms with van der Waals surface area (Å²) in [5.41, 5.74) is 0.464. The van der Waals surface area contributed by atoms with E-state index in [9.17, 15) is 5.11 Å². The van der Waals surface area contributed by atoms with E-state index in [1.54, 1.807) is 0 Å². The number of aliphatic hydroxyl groups excluding tert-OH is 1. The van der Waals surface area contributed by atoms with Crippen molar-refractivity contribution in [3.8, 4) is 0 Å². The van der Waals surface area contributed by atoms with Crippen LogP contribution < -0.4 is 5.32 Å². The quantitative estimate of drug-likeness (QED) is 0.829. The molecule has 0 aromatic carbocycles. The Balaban J connectivity index is 1.43. The second-order valence-electron chi connectivity index (χ2n) is 7.81. The Kier molecular flexibility index (Phi) is 3.77. The molecular weight excluding hydrogens is 266 g/mol. The van der Waals surface area contributed by atoms with Crippen LogP contribution in [-0.2, 0) is 9.47 Å². The molecular formula is C17H29NO3. The predicted molar refractivity (Wildman–Crippen MR) is 80.1 cm³/mol. The average molecular weight is 295 g/mol. The van der Waals surface area contributed by atoms with Crippen molar-refractivity contribution in [2.45, 2.75) is 57.1 Å². The summed E-state index contributed by atoms with van der Waals surface area (Å²) >= 11 is 0. The first-order valence-electron chi connectivity index (χ1n) is 8.83. The van der Waals surface area contributed by atoms with Gasteiger partial charge in [0.1, 0.15) is 0 Å². The molecule has 4 heteroatoms. The lowest BCUT2D eigenvalue weighted by atomic mass is 9.54. The van der Waals surface area contributed by atoms with E-state index in [0.717, 1.165) is 45.1 Å². The average Bonchev–Trinajstić information content (AvgIpc) is 3.16. The Morgan fingerprint density at radius 1 is 1.05 bits per heavy atom. The van der Waals surface area contributed by atoms with Gasteiger partial charge in [0.2, 0.25) is 0 Å². The van der Waals surface area contributed by atoms with Gasteiger partial charge in [-0.3, -0.25) is 0 Å². The van der Waals surface area contributed by atoms with E-state index in [-0.39, 0.29) is 12.0 Å². The van der Waals surface area contributed by atoms with Crippen LogP contribution in [0.5, 0.6) is 0 Å². The minimum Gasteiger partial charge on any atom is -0.396 e. The second-order valence-corrected chi connectivity index (χ2v) is 7.81. The van der Waals surface area contributed by atoms with Crippen molar-refractivity contribution in [2.24, 2.45) is 16.7 Å². The van der Waals surface area contributed by atoms with Gasteiger partial charge in [-0.1, -0.05) is 12.8 Å². The molecule has 0 aromatic heterocycles. The minimum absolute atomic E-state index is 0.0442. The van der Waals surface area contributed by atoms with Gasteiger partial charge in [0, 0.05) is 49.2 Å². The number of hydrogen-bond acceptors (Lipinski definition) is 4. The number of nitrogens with one attached hydrogen (secondary N) is 1. The summed E-state index contributed by atoms with van der Waals surface area (Å²) < 4.78 is 11.5. The predicted octanol–water partition coefficient (Wildman–Crippen LogP) is 1.71. The summed E-state index contributed by atoms with van der Waals surface area (Å²) in [7, 11) is 0. The van der Waals surface area contributed by atoms with Crippen LogP contribution in [0.25, 0.3) is 0 Å². The zero-order valence-corrected chi connectivity index (χ0v) is 13.0. The highest BCUT2D eigenvalue weighted by Gasteiger charge is 2.64. The normalized spacial score (nSPS) is 40.1. The summed E-state index contributed by atoms with van der Waals surface area (Å²) in [6.07, 6.45) is 9.12. The maximum absolute atomic E-state index is 9.87. The van der Waals surface area contributed by atoms with Crippen molar-refractivity contribution in [3.05, 3.63) is 0 Å². The number of fused-ring (bicyclic) bond motifs is 2. The lowest BCUT2D eigenvalue weighted by Crippen LogP contribution is -2.68. The molecule has 2 saturated heterocycles. The summed E-state index contributed by atoms with van der Waals surface area (Å²) in [6, 6.07) is 0.624. The molecule has 0 aromatic rings. The van der Waals surface area contributed by atoms with Gasteiger partial charge in [-0.2, -0.15) is 0 Å². The third-order valence-corrected chi connectivity index (χ3v) is 6.87. The molecule has 4 nitrogen and oxygen atoms in total. The highest BCUT2D eigenvalue weighted by Crippen LogP contribution is 2.60. The Labute approximate surface area is 127 Å². The van der Waals surface area contributed by atoms with Crippen LogP contribution in [0.15, 0.2) is 0 Å². The molecule has 4 rings (SSSR count). The van der Waals surface area contributed by atoms with Crippen molar-refractivity contribution in [3.63, 3.8) is 0 Å². The lowest BCUT2D eigenvalue weighted by Gasteiger charge is -2.58. The van der Waals surface area contributed by atoms with Gasteiger partial charge in [-0.25, -0.2) is 0 Å². The van der Waals surface area contributed by atoms with Crippen LogP contribution >= 0.6 is 0 Å². The maximum atomic E-state index is 9.87. The molecule has 4 aliphatic rings. The van der Waals surface area contributed by atoms with Gasteiger partial charge in [0.05, 0.1) is 12.7 Å². The zero-order valence-electron chi connectivity index (χ0n) is 13.0. The Morgan fingerprint density at radius 3 is 2.52 bits per heavy atom. The van der Waals surface area contributed by atoms with E-state index in [1.807, 2.05) is 0 Å². The third kappa shape index (κ3) is 2.18. The summed E-state index contributed by atoms with van der Waals surface area (Å²) in [5, 5.41) is 13.8. The number of ether oxygens (including phenoxy) is 2. The highest BCUT2D eigenvalue weighted by atomic mass is 16.5. The second kappa shape index (κ2) is 5.48. The molecule has 120 valence electrons. The Morgan fingerprint density at radius 2 is 1.81 bits per heavy atom. The van der Waals surface area contributed by atoms with E-state index in [2.05, 4.69) is 5.32 Å². The van der Waals surface area contributed by atoms with Crippen molar-refractivity contribution in [2.75, 3.05) is 33.0 Å². The van der Waals surface area contributed by atoms with E-state index in [1.165, 1.54) is 32.1 Å². The summed E-state index contributed by atoms with van der Waals surface area (Å²) in [5.74, 6) is 0.721. The Bertz CT molecular complexity index is 374. The van der Waals surface area contributed by atoms with Gasteiger partial charge in [0.25, 0.3) is 0 Å². The smallest absolute Gasteiger partial charge is 0.0690 e. The fourth-order valence-electron chi connectivity index (χ4n) is 5.53. The first kappa shape index (κ1) is 14.4. The number of hydrogen-bond donors (Lipinski definition) is 2.